The number of aliphatic hydroxyl groups is 1. The molecular weight excluding hydrogens is 236 g/mol. The van der Waals surface area contributed by atoms with Crippen LogP contribution in [0.5, 0.6) is 0 Å². The Kier molecular flexibility index (Phi) is 5.83. The Morgan fingerprint density at radius 1 is 1.32 bits per heavy atom. The predicted octanol–water partition coefficient (Wildman–Crippen LogP) is 1.80. The second kappa shape index (κ2) is 7.63. The van der Waals surface area contributed by atoms with E-state index in [9.17, 15) is 5.11 Å². The summed E-state index contributed by atoms with van der Waals surface area (Å²) in [7, 11) is 0. The van der Waals surface area contributed by atoms with Gasteiger partial charge in [-0.25, -0.2) is 0 Å². The standard InChI is InChI=1S/C16H26N2O/c1-2-17-16(13-19)9-11-18-10-5-8-14-6-3-4-7-15(14)12-18/h3-4,6-7,16-17,19H,2,5,8-13H2,1H3. The van der Waals surface area contributed by atoms with Gasteiger partial charge in [-0.2, -0.15) is 0 Å². The van der Waals surface area contributed by atoms with Crippen molar-refractivity contribution < 1.29 is 5.11 Å². The quantitative estimate of drug-likeness (QED) is 0.820. The Morgan fingerprint density at radius 2 is 2.11 bits per heavy atom. The van der Waals surface area contributed by atoms with Crippen molar-refractivity contribution in [2.45, 2.75) is 38.8 Å². The van der Waals surface area contributed by atoms with Gasteiger partial charge in [0.05, 0.1) is 6.61 Å². The Hall–Kier alpha value is -0.900. The second-order valence-electron chi connectivity index (χ2n) is 5.37. The van der Waals surface area contributed by atoms with E-state index < -0.39 is 0 Å². The maximum absolute atomic E-state index is 9.32. The minimum Gasteiger partial charge on any atom is -0.395 e. The number of fused-ring (bicyclic) bond motifs is 1. The lowest BCUT2D eigenvalue weighted by atomic mass is 10.0. The average Bonchev–Trinajstić information content (AvgIpc) is 2.65. The van der Waals surface area contributed by atoms with E-state index >= 15 is 0 Å². The van der Waals surface area contributed by atoms with E-state index in [0.717, 1.165) is 26.1 Å². The topological polar surface area (TPSA) is 35.5 Å². The summed E-state index contributed by atoms with van der Waals surface area (Å²) in [4.78, 5) is 2.52. The molecule has 106 valence electrons. The molecule has 0 fully saturated rings. The molecule has 0 amide bonds. The van der Waals surface area contributed by atoms with Crippen LogP contribution in [0.25, 0.3) is 0 Å². The smallest absolute Gasteiger partial charge is 0.0585 e. The third-order valence-corrected chi connectivity index (χ3v) is 3.94. The van der Waals surface area contributed by atoms with Crippen molar-refractivity contribution in [2.24, 2.45) is 0 Å². The lowest BCUT2D eigenvalue weighted by Gasteiger charge is -2.23. The fourth-order valence-corrected chi connectivity index (χ4v) is 2.84. The van der Waals surface area contributed by atoms with E-state index in [-0.39, 0.29) is 12.6 Å². The molecule has 1 aromatic carbocycles. The van der Waals surface area contributed by atoms with Crippen molar-refractivity contribution in [2.75, 3.05) is 26.2 Å². The maximum atomic E-state index is 9.32. The number of benzene rings is 1. The van der Waals surface area contributed by atoms with E-state index in [2.05, 4.69) is 41.4 Å². The summed E-state index contributed by atoms with van der Waals surface area (Å²) in [5, 5.41) is 12.6. The molecular formula is C16H26N2O. The zero-order valence-corrected chi connectivity index (χ0v) is 11.9. The van der Waals surface area contributed by atoms with Gasteiger partial charge < -0.3 is 10.4 Å². The number of hydrogen-bond donors (Lipinski definition) is 2. The first-order valence-electron chi connectivity index (χ1n) is 7.47. The molecule has 1 aliphatic rings. The van der Waals surface area contributed by atoms with Crippen LogP contribution in [0.2, 0.25) is 0 Å². The van der Waals surface area contributed by atoms with Crippen LogP contribution in [-0.4, -0.2) is 42.3 Å². The Labute approximate surface area is 116 Å². The van der Waals surface area contributed by atoms with E-state index in [1.54, 1.807) is 0 Å². The molecule has 0 spiro atoms. The molecule has 1 aromatic rings. The van der Waals surface area contributed by atoms with Gasteiger partial charge in [-0.05, 0) is 43.5 Å². The highest BCUT2D eigenvalue weighted by Crippen LogP contribution is 2.18. The van der Waals surface area contributed by atoms with Crippen LogP contribution in [0.3, 0.4) is 0 Å². The SMILES string of the molecule is CCNC(CO)CCN1CCCc2ccccc2C1. The van der Waals surface area contributed by atoms with Gasteiger partial charge in [-0.1, -0.05) is 31.2 Å². The molecule has 3 nitrogen and oxygen atoms in total. The molecule has 3 heteroatoms. The third-order valence-electron chi connectivity index (χ3n) is 3.94. The normalized spacial score (nSPS) is 17.8. The van der Waals surface area contributed by atoms with Crippen LogP contribution < -0.4 is 5.32 Å². The molecule has 19 heavy (non-hydrogen) atoms. The molecule has 0 aromatic heterocycles. The van der Waals surface area contributed by atoms with Crippen LogP contribution in [0.4, 0.5) is 0 Å². The number of aryl methyl sites for hydroxylation is 1. The number of nitrogens with one attached hydrogen (secondary N) is 1. The molecule has 1 atom stereocenters. The van der Waals surface area contributed by atoms with Crippen molar-refractivity contribution in [1.29, 1.82) is 0 Å². The van der Waals surface area contributed by atoms with Gasteiger partial charge in [0.15, 0.2) is 0 Å². The number of likely N-dealkylation sites (N-methyl/N-ethyl adjacent to an activating group) is 1. The molecule has 2 rings (SSSR count). The second-order valence-corrected chi connectivity index (χ2v) is 5.37. The predicted molar refractivity (Wildman–Crippen MR) is 79.2 cm³/mol. The summed E-state index contributed by atoms with van der Waals surface area (Å²) < 4.78 is 0. The monoisotopic (exact) mass is 262 g/mol. The lowest BCUT2D eigenvalue weighted by Crippen LogP contribution is -2.36. The van der Waals surface area contributed by atoms with Crippen LogP contribution in [0, 0.1) is 0 Å². The lowest BCUT2D eigenvalue weighted by molar-refractivity contribution is 0.204. The van der Waals surface area contributed by atoms with Gasteiger partial charge in [0.25, 0.3) is 0 Å². The zero-order chi connectivity index (χ0) is 13.5. The number of rotatable bonds is 6. The maximum Gasteiger partial charge on any atom is 0.0585 e. The van der Waals surface area contributed by atoms with Crippen molar-refractivity contribution in [3.63, 3.8) is 0 Å². The summed E-state index contributed by atoms with van der Waals surface area (Å²) >= 11 is 0. The van der Waals surface area contributed by atoms with Crippen molar-refractivity contribution in [3.05, 3.63) is 35.4 Å². The highest BCUT2D eigenvalue weighted by atomic mass is 16.3. The van der Waals surface area contributed by atoms with Crippen molar-refractivity contribution in [1.82, 2.24) is 10.2 Å². The van der Waals surface area contributed by atoms with Gasteiger partial charge in [0.1, 0.15) is 0 Å². The fraction of sp³-hybridized carbons (Fsp3) is 0.625. The fourth-order valence-electron chi connectivity index (χ4n) is 2.84. The average molecular weight is 262 g/mol. The van der Waals surface area contributed by atoms with Crippen molar-refractivity contribution in [3.8, 4) is 0 Å². The van der Waals surface area contributed by atoms with Crippen LogP contribution in [-0.2, 0) is 13.0 Å². The Bertz CT molecular complexity index is 381. The van der Waals surface area contributed by atoms with Crippen LogP contribution >= 0.6 is 0 Å². The number of nitrogens with zero attached hydrogens (tertiary/aromatic N) is 1. The number of hydrogen-bond acceptors (Lipinski definition) is 3. The van der Waals surface area contributed by atoms with E-state index in [1.165, 1.54) is 30.5 Å². The summed E-state index contributed by atoms with van der Waals surface area (Å²) in [5.41, 5.74) is 2.99. The largest absolute Gasteiger partial charge is 0.395 e. The van der Waals surface area contributed by atoms with Gasteiger partial charge in [-0.3, -0.25) is 4.90 Å². The first-order chi connectivity index (χ1) is 9.33. The van der Waals surface area contributed by atoms with E-state index in [4.69, 9.17) is 0 Å². The highest BCUT2D eigenvalue weighted by Gasteiger charge is 2.15. The van der Waals surface area contributed by atoms with E-state index in [1.807, 2.05) is 0 Å². The molecule has 1 heterocycles. The summed E-state index contributed by atoms with van der Waals surface area (Å²) in [5.74, 6) is 0. The minimum atomic E-state index is 0.234. The Balaban J connectivity index is 1.88. The summed E-state index contributed by atoms with van der Waals surface area (Å²) in [6, 6.07) is 9.03. The molecule has 1 aliphatic heterocycles. The molecule has 0 aliphatic carbocycles. The van der Waals surface area contributed by atoms with Gasteiger partial charge in [0.2, 0.25) is 0 Å². The molecule has 0 saturated carbocycles. The first-order valence-corrected chi connectivity index (χ1v) is 7.47. The van der Waals surface area contributed by atoms with Gasteiger partial charge in [-0.15, -0.1) is 0 Å². The number of aliphatic hydroxyl groups excluding tert-OH is 1. The van der Waals surface area contributed by atoms with Gasteiger partial charge >= 0.3 is 0 Å². The Morgan fingerprint density at radius 3 is 2.84 bits per heavy atom. The minimum absolute atomic E-state index is 0.234. The third kappa shape index (κ3) is 4.30. The molecule has 0 bridgehead atoms. The van der Waals surface area contributed by atoms with E-state index in [0.29, 0.717) is 0 Å². The molecule has 1 unspecified atom stereocenters. The molecule has 2 N–H and O–H groups in total. The van der Waals surface area contributed by atoms with Crippen LogP contribution in [0.1, 0.15) is 30.9 Å². The van der Waals surface area contributed by atoms with Gasteiger partial charge in [0, 0.05) is 19.1 Å². The van der Waals surface area contributed by atoms with Crippen molar-refractivity contribution >= 4 is 0 Å². The summed E-state index contributed by atoms with van der Waals surface area (Å²) in [6.07, 6.45) is 3.46. The summed E-state index contributed by atoms with van der Waals surface area (Å²) in [6.45, 7) is 6.53. The highest BCUT2D eigenvalue weighted by molar-refractivity contribution is 5.27. The van der Waals surface area contributed by atoms with Crippen LogP contribution in [0.15, 0.2) is 24.3 Å². The molecule has 0 radical (unpaired) electrons. The zero-order valence-electron chi connectivity index (χ0n) is 11.9. The first kappa shape index (κ1) is 14.5. The molecule has 0 saturated heterocycles.